The van der Waals surface area contributed by atoms with Gasteiger partial charge in [-0.3, -0.25) is 4.90 Å². The van der Waals surface area contributed by atoms with Gasteiger partial charge >= 0.3 is 6.18 Å². The van der Waals surface area contributed by atoms with Crippen molar-refractivity contribution in [2.75, 3.05) is 12.3 Å². The number of rotatable bonds is 5. The van der Waals surface area contributed by atoms with Gasteiger partial charge in [-0.1, -0.05) is 6.07 Å². The summed E-state index contributed by atoms with van der Waals surface area (Å²) in [5.74, 6) is 0. The monoisotopic (exact) mass is 283 g/mol. The Morgan fingerprint density at radius 3 is 2.60 bits per heavy atom. The van der Waals surface area contributed by atoms with E-state index >= 15 is 0 Å². The fourth-order valence-corrected chi connectivity index (χ4v) is 2.24. The fraction of sp³-hybridized carbons (Fsp3) is 0.500. The van der Waals surface area contributed by atoms with Gasteiger partial charge in [0, 0.05) is 31.2 Å². The maximum atomic E-state index is 13.0. The quantitative estimate of drug-likeness (QED) is 0.844. The Morgan fingerprint density at radius 1 is 1.35 bits per heavy atom. The summed E-state index contributed by atoms with van der Waals surface area (Å²) in [6, 6.07) is 6.24. The predicted molar refractivity (Wildman–Crippen MR) is 69.5 cm³/mol. The Morgan fingerprint density at radius 2 is 2.05 bits per heavy atom. The van der Waals surface area contributed by atoms with Crippen LogP contribution in [0.1, 0.15) is 30.4 Å². The largest absolute Gasteiger partial charge is 0.416 e. The zero-order valence-corrected chi connectivity index (χ0v) is 11.0. The van der Waals surface area contributed by atoms with Crippen LogP contribution in [0.15, 0.2) is 18.2 Å². The topological polar surface area (TPSA) is 53.0 Å². The number of anilines is 1. The summed E-state index contributed by atoms with van der Waals surface area (Å²) >= 11 is 0. The van der Waals surface area contributed by atoms with Crippen LogP contribution in [0, 0.1) is 11.3 Å². The molecule has 1 aliphatic carbocycles. The summed E-state index contributed by atoms with van der Waals surface area (Å²) in [7, 11) is 0. The highest BCUT2D eigenvalue weighted by Crippen LogP contribution is 2.35. The van der Waals surface area contributed by atoms with Crippen molar-refractivity contribution in [3.05, 3.63) is 29.3 Å². The molecule has 2 N–H and O–H groups in total. The molecule has 108 valence electrons. The summed E-state index contributed by atoms with van der Waals surface area (Å²) in [6.45, 7) is 0.713. The van der Waals surface area contributed by atoms with Crippen molar-refractivity contribution in [1.29, 1.82) is 5.26 Å². The van der Waals surface area contributed by atoms with E-state index < -0.39 is 11.7 Å². The lowest BCUT2D eigenvalue weighted by atomic mass is 10.1. The van der Waals surface area contributed by atoms with Gasteiger partial charge in [0.2, 0.25) is 0 Å². The number of nitriles is 1. The molecular weight excluding hydrogens is 267 g/mol. The maximum absolute atomic E-state index is 13.0. The highest BCUT2D eigenvalue weighted by molar-refractivity contribution is 5.46. The van der Waals surface area contributed by atoms with E-state index in [0.29, 0.717) is 19.0 Å². The number of nitrogens with zero attached hydrogens (tertiary/aromatic N) is 2. The molecule has 1 aromatic carbocycles. The molecule has 3 nitrogen and oxygen atoms in total. The van der Waals surface area contributed by atoms with E-state index in [1.807, 2.05) is 11.0 Å². The summed E-state index contributed by atoms with van der Waals surface area (Å²) in [5, 5.41) is 8.63. The molecule has 1 saturated carbocycles. The van der Waals surface area contributed by atoms with Crippen molar-refractivity contribution in [3.63, 3.8) is 0 Å². The number of nitrogens with two attached hydrogens (primary N) is 1. The molecular formula is C14H16F3N3. The van der Waals surface area contributed by atoms with Crippen LogP contribution in [0.2, 0.25) is 0 Å². The molecule has 0 saturated heterocycles. The molecule has 0 radical (unpaired) electrons. The van der Waals surface area contributed by atoms with Crippen LogP contribution in [0.3, 0.4) is 0 Å². The van der Waals surface area contributed by atoms with E-state index in [0.717, 1.165) is 18.9 Å². The highest BCUT2D eigenvalue weighted by atomic mass is 19.4. The number of hydrogen-bond acceptors (Lipinski definition) is 3. The molecule has 0 atom stereocenters. The van der Waals surface area contributed by atoms with Crippen molar-refractivity contribution >= 4 is 5.69 Å². The molecule has 1 aliphatic rings. The number of benzene rings is 1. The first-order valence-corrected chi connectivity index (χ1v) is 6.48. The van der Waals surface area contributed by atoms with Gasteiger partial charge in [0.25, 0.3) is 0 Å². The number of alkyl halides is 3. The van der Waals surface area contributed by atoms with Crippen molar-refractivity contribution < 1.29 is 13.2 Å². The van der Waals surface area contributed by atoms with Crippen LogP contribution in [0.5, 0.6) is 0 Å². The number of nitrogen functional groups attached to an aromatic ring is 1. The van der Waals surface area contributed by atoms with Gasteiger partial charge in [-0.2, -0.15) is 18.4 Å². The van der Waals surface area contributed by atoms with Crippen molar-refractivity contribution in [2.45, 2.75) is 38.0 Å². The molecule has 0 heterocycles. The second-order valence-electron chi connectivity index (χ2n) is 5.02. The average Bonchev–Trinajstić information content (AvgIpc) is 3.19. The van der Waals surface area contributed by atoms with Crippen LogP contribution in [-0.2, 0) is 12.7 Å². The Kier molecular flexibility index (Phi) is 4.19. The van der Waals surface area contributed by atoms with Crippen LogP contribution < -0.4 is 5.73 Å². The van der Waals surface area contributed by atoms with Gasteiger partial charge in [-0.15, -0.1) is 0 Å². The molecule has 6 heteroatoms. The van der Waals surface area contributed by atoms with Gasteiger partial charge in [0.15, 0.2) is 0 Å². The van der Waals surface area contributed by atoms with E-state index in [9.17, 15) is 13.2 Å². The molecule has 1 fully saturated rings. The molecule has 0 aromatic heterocycles. The zero-order valence-electron chi connectivity index (χ0n) is 11.0. The van der Waals surface area contributed by atoms with Gasteiger partial charge < -0.3 is 5.73 Å². The SMILES string of the molecule is N#CCCN(Cc1ccc(N)cc1C(F)(F)F)C1CC1. The smallest absolute Gasteiger partial charge is 0.399 e. The summed E-state index contributed by atoms with van der Waals surface area (Å²) < 4.78 is 39.1. The van der Waals surface area contributed by atoms with Crippen LogP contribution >= 0.6 is 0 Å². The normalized spacial score (nSPS) is 15.3. The second kappa shape index (κ2) is 5.71. The van der Waals surface area contributed by atoms with Gasteiger partial charge in [-0.25, -0.2) is 0 Å². The summed E-state index contributed by atoms with van der Waals surface area (Å²) in [5.41, 5.74) is 5.10. The molecule has 0 spiro atoms. The Balaban J connectivity index is 2.21. The van der Waals surface area contributed by atoms with Crippen LogP contribution in [0.4, 0.5) is 18.9 Å². The van der Waals surface area contributed by atoms with Gasteiger partial charge in [0.1, 0.15) is 0 Å². The van der Waals surface area contributed by atoms with E-state index in [1.54, 1.807) is 0 Å². The van der Waals surface area contributed by atoms with E-state index in [1.165, 1.54) is 12.1 Å². The number of hydrogen-bond donors (Lipinski definition) is 1. The molecule has 20 heavy (non-hydrogen) atoms. The molecule has 0 aliphatic heterocycles. The first-order valence-electron chi connectivity index (χ1n) is 6.48. The summed E-state index contributed by atoms with van der Waals surface area (Å²) in [4.78, 5) is 1.95. The highest BCUT2D eigenvalue weighted by Gasteiger charge is 2.35. The van der Waals surface area contributed by atoms with Crippen LogP contribution in [0.25, 0.3) is 0 Å². The van der Waals surface area contributed by atoms with Crippen LogP contribution in [-0.4, -0.2) is 17.5 Å². The minimum Gasteiger partial charge on any atom is -0.399 e. The average molecular weight is 283 g/mol. The molecule has 0 bridgehead atoms. The first-order chi connectivity index (χ1) is 9.41. The second-order valence-corrected chi connectivity index (χ2v) is 5.02. The van der Waals surface area contributed by atoms with E-state index in [-0.39, 0.29) is 17.8 Å². The molecule has 0 amide bonds. The van der Waals surface area contributed by atoms with E-state index in [4.69, 9.17) is 11.0 Å². The number of halogens is 3. The third kappa shape index (κ3) is 3.64. The van der Waals surface area contributed by atoms with Gasteiger partial charge in [-0.05, 0) is 30.5 Å². The summed E-state index contributed by atoms with van der Waals surface area (Å²) in [6.07, 6.45) is -2.11. The Labute approximate surface area is 115 Å². The third-order valence-electron chi connectivity index (χ3n) is 3.39. The molecule has 0 unspecified atom stereocenters. The fourth-order valence-electron chi connectivity index (χ4n) is 2.24. The zero-order chi connectivity index (χ0) is 14.8. The first kappa shape index (κ1) is 14.7. The van der Waals surface area contributed by atoms with Crippen molar-refractivity contribution in [1.82, 2.24) is 4.90 Å². The Hall–Kier alpha value is -1.74. The predicted octanol–water partition coefficient (Wildman–Crippen LogP) is 3.17. The minimum atomic E-state index is -4.41. The molecule has 1 aromatic rings. The van der Waals surface area contributed by atoms with Crippen molar-refractivity contribution in [2.24, 2.45) is 0 Å². The lowest BCUT2D eigenvalue weighted by Gasteiger charge is -2.23. The Bertz CT molecular complexity index is 515. The van der Waals surface area contributed by atoms with E-state index in [2.05, 4.69) is 0 Å². The lowest BCUT2D eigenvalue weighted by Crippen LogP contribution is -2.28. The van der Waals surface area contributed by atoms with Crippen molar-refractivity contribution in [3.8, 4) is 6.07 Å². The maximum Gasteiger partial charge on any atom is 0.416 e. The standard InChI is InChI=1S/C14H16F3N3/c15-14(16,17)13-8-11(19)3-2-10(13)9-20(7-1-6-18)12-4-5-12/h2-3,8,12H,1,4-5,7,9,19H2. The molecule has 2 rings (SSSR count). The third-order valence-corrected chi connectivity index (χ3v) is 3.39. The lowest BCUT2D eigenvalue weighted by molar-refractivity contribution is -0.138. The van der Waals surface area contributed by atoms with Gasteiger partial charge in [0.05, 0.1) is 11.6 Å². The minimum absolute atomic E-state index is 0.107.